The number of nitrogens with two attached hydrogens (primary N) is 3. The summed E-state index contributed by atoms with van der Waals surface area (Å²) in [6.07, 6.45) is 0.184. The topological polar surface area (TPSA) is 471 Å². The highest BCUT2D eigenvalue weighted by atomic mass is 33.1. The summed E-state index contributed by atoms with van der Waals surface area (Å²) >= 11 is 0. The van der Waals surface area contributed by atoms with Crippen molar-refractivity contribution in [1.29, 1.82) is 0 Å². The number of rotatable bonds is 28. The molecule has 0 aliphatic carbocycles. The summed E-state index contributed by atoms with van der Waals surface area (Å²) in [6.45, 7) is 3.24. The number of amides is 11. The average Bonchev–Trinajstić information content (AvgIpc) is 1.76. The molecule has 1 fully saturated rings. The number of aliphatic hydroxyl groups excluding tert-OH is 1. The van der Waals surface area contributed by atoms with Crippen molar-refractivity contribution in [3.05, 3.63) is 102 Å². The number of aromatic hydroxyl groups is 1. The van der Waals surface area contributed by atoms with Gasteiger partial charge in [-0.25, -0.2) is 4.79 Å². The van der Waals surface area contributed by atoms with Gasteiger partial charge in [0.15, 0.2) is 0 Å². The number of aliphatic hydroxyl groups is 1. The Bertz CT molecular complexity index is 3240. The number of carboxylic acids is 1. The van der Waals surface area contributed by atoms with Crippen LogP contribution in [0.3, 0.4) is 0 Å². The van der Waals surface area contributed by atoms with Crippen LogP contribution in [0.1, 0.15) is 63.1 Å². The molecule has 0 spiro atoms. The zero-order valence-electron chi connectivity index (χ0n) is 51.7. The highest BCUT2D eigenvalue weighted by molar-refractivity contribution is 8.77. The lowest BCUT2D eigenvalue weighted by Gasteiger charge is -2.29. The smallest absolute Gasteiger partial charge is 0.326 e. The number of carbonyl (C=O) groups is 12. The number of carboxylic acid groups (broad SMARTS) is 1. The minimum absolute atomic E-state index is 0.0356. The second-order valence-electron chi connectivity index (χ2n) is 22.0. The molecule has 0 bridgehead atoms. The van der Waals surface area contributed by atoms with E-state index >= 15 is 0 Å². The number of phenols is 1. The summed E-state index contributed by atoms with van der Waals surface area (Å²) in [5.74, 6) is -11.4. The summed E-state index contributed by atoms with van der Waals surface area (Å²) in [5, 5.41) is 54.6. The standard InChI is InChI=1S/C60H82N14O15S4/c1-32(60(88)89)74(4)49(78)21-23-90-91-29-46(66-34(3)76)53(81)65-28-45(51(63)79)70-58(86)48-31-93-92-30-47(71-52(80)40(62)24-35-12-6-5-7-13-35)57(85)68-43(25-36-17-19-38(77)20-18-36)55(83)69-44(26-37-27-64-41-15-9-8-14-39(37)41)56(84)67-42(16-10-11-22-61)54(82)73-50(33(2)75)59(87)72-48/h5-9,12-15,17-20,27,32-33,40,42-48,50,64,75,77H,10-11,16,21-26,28-31,61-62H2,1-4H3,(H2,63,79)(H,65,81)(H,66,76)(H,67,84)(H,68,85)(H,69,83)(H,70,86)(H,71,80)(H,72,87)(H,73,82)(H,88,89)/t32-,33+,40+,42-,43-,44+,45-,46-,47-,48-,50-/m0/s1. The number of phenolic OH excluding ortho intramolecular Hbond substituents is 1. The van der Waals surface area contributed by atoms with Crippen LogP contribution in [0.2, 0.25) is 0 Å². The molecule has 2 heterocycles. The number of hydrogen-bond donors (Lipinski definition) is 16. The molecule has 11 atom stereocenters. The van der Waals surface area contributed by atoms with E-state index in [0.29, 0.717) is 34.0 Å². The zero-order chi connectivity index (χ0) is 68.3. The highest BCUT2D eigenvalue weighted by Gasteiger charge is 2.37. The van der Waals surface area contributed by atoms with Crippen molar-refractivity contribution in [1.82, 2.24) is 57.7 Å². The first-order valence-corrected chi connectivity index (χ1v) is 34.7. The maximum Gasteiger partial charge on any atom is 0.326 e. The van der Waals surface area contributed by atoms with E-state index in [2.05, 4.69) is 52.8 Å². The molecule has 1 aromatic heterocycles. The molecular weight excluding hydrogens is 1290 g/mol. The fraction of sp³-hybridized carbons (Fsp3) is 0.467. The number of primary amides is 1. The molecule has 1 saturated heterocycles. The van der Waals surface area contributed by atoms with E-state index in [1.165, 1.54) is 56.0 Å². The van der Waals surface area contributed by atoms with E-state index < -0.39 is 150 Å². The number of carbonyl (C=O) groups excluding carboxylic acids is 11. The predicted octanol–water partition coefficient (Wildman–Crippen LogP) is -1.66. The molecule has 1 aliphatic rings. The van der Waals surface area contributed by atoms with Crippen LogP contribution in [0.15, 0.2) is 85.1 Å². The molecule has 0 unspecified atom stereocenters. The van der Waals surface area contributed by atoms with E-state index in [9.17, 15) is 72.9 Å². The Hall–Kier alpha value is -8.08. The van der Waals surface area contributed by atoms with Gasteiger partial charge in [0, 0.05) is 79.9 Å². The zero-order valence-corrected chi connectivity index (χ0v) is 54.9. The van der Waals surface area contributed by atoms with Crippen LogP contribution in [0.5, 0.6) is 5.75 Å². The average molecular weight is 1370 g/mol. The van der Waals surface area contributed by atoms with Gasteiger partial charge in [-0.15, -0.1) is 0 Å². The summed E-state index contributed by atoms with van der Waals surface area (Å²) < 4.78 is 0. The molecule has 29 nitrogen and oxygen atoms in total. The number of nitrogens with one attached hydrogen (secondary N) is 10. The third kappa shape index (κ3) is 24.7. The van der Waals surface area contributed by atoms with Crippen LogP contribution in [-0.2, 0) is 76.8 Å². The van der Waals surface area contributed by atoms with Crippen molar-refractivity contribution in [2.45, 2.75) is 132 Å². The third-order valence-electron chi connectivity index (χ3n) is 14.7. The lowest BCUT2D eigenvalue weighted by Crippen LogP contribution is -2.63. The fourth-order valence-electron chi connectivity index (χ4n) is 9.25. The minimum Gasteiger partial charge on any atom is -0.508 e. The molecule has 1 aliphatic heterocycles. The number of aromatic nitrogens is 1. The number of benzene rings is 3. The number of nitrogens with zero attached hydrogens (tertiary/aromatic N) is 1. The summed E-state index contributed by atoms with van der Waals surface area (Å²) in [4.78, 5) is 169. The minimum atomic E-state index is -1.83. The van der Waals surface area contributed by atoms with Gasteiger partial charge < -0.3 is 90.3 Å². The first-order chi connectivity index (χ1) is 44.3. The Labute approximate surface area is 552 Å². The summed E-state index contributed by atoms with van der Waals surface area (Å²) in [5.41, 5.74) is 20.4. The second kappa shape index (κ2) is 38.2. The molecule has 0 radical (unpaired) electrons. The van der Waals surface area contributed by atoms with Crippen molar-refractivity contribution >= 4 is 125 Å². The maximum atomic E-state index is 14.9. The van der Waals surface area contributed by atoms with Crippen LogP contribution in [0.25, 0.3) is 10.9 Å². The third-order valence-corrected chi connectivity index (χ3v) is 19.6. The summed E-state index contributed by atoms with van der Waals surface area (Å²) in [7, 11) is 5.43. The van der Waals surface area contributed by atoms with Crippen LogP contribution < -0.4 is 65.1 Å². The number of aliphatic carboxylic acids is 1. The number of aromatic amines is 1. The van der Waals surface area contributed by atoms with Crippen molar-refractivity contribution in [3.8, 4) is 5.75 Å². The van der Waals surface area contributed by atoms with Gasteiger partial charge in [-0.3, -0.25) is 52.7 Å². The number of H-pyrrole nitrogens is 1. The van der Waals surface area contributed by atoms with Crippen molar-refractivity contribution in [2.24, 2.45) is 17.2 Å². The lowest BCUT2D eigenvalue weighted by atomic mass is 10.0. The molecule has 0 saturated carbocycles. The maximum absolute atomic E-state index is 14.9. The molecule has 4 aromatic rings. The number of fused-ring (bicyclic) bond motifs is 1. The lowest BCUT2D eigenvalue weighted by molar-refractivity contribution is -0.148. The first-order valence-electron chi connectivity index (χ1n) is 29.7. The number of unbranched alkanes of at least 4 members (excludes halogenated alkanes) is 1. The Morgan fingerprint density at radius 3 is 2.02 bits per heavy atom. The van der Waals surface area contributed by atoms with Gasteiger partial charge in [0.2, 0.25) is 65.0 Å². The molecule has 5 rings (SSSR count). The molecule has 3 aromatic carbocycles. The number of hydrogen-bond acceptors (Lipinski definition) is 20. The van der Waals surface area contributed by atoms with E-state index in [0.717, 1.165) is 44.2 Å². The largest absolute Gasteiger partial charge is 0.508 e. The normalized spacial score (nSPS) is 20.3. The van der Waals surface area contributed by atoms with Gasteiger partial charge in [0.25, 0.3) is 0 Å². The van der Waals surface area contributed by atoms with Crippen LogP contribution in [0, 0.1) is 0 Å². The van der Waals surface area contributed by atoms with Crippen LogP contribution in [0.4, 0.5) is 0 Å². The highest BCUT2D eigenvalue weighted by Crippen LogP contribution is 2.26. The Kier molecular flexibility index (Phi) is 31.1. The van der Waals surface area contributed by atoms with Crippen molar-refractivity contribution in [3.63, 3.8) is 0 Å². The van der Waals surface area contributed by atoms with Crippen molar-refractivity contribution < 1.29 is 72.9 Å². The van der Waals surface area contributed by atoms with Crippen LogP contribution in [-0.4, -0.2) is 206 Å². The van der Waals surface area contributed by atoms with Gasteiger partial charge in [-0.05, 0) is 81.0 Å². The quantitative estimate of drug-likeness (QED) is 0.0223. The van der Waals surface area contributed by atoms with E-state index in [1.807, 2.05) is 0 Å². The van der Waals surface area contributed by atoms with E-state index in [4.69, 9.17) is 17.2 Å². The van der Waals surface area contributed by atoms with Crippen LogP contribution >= 0.6 is 43.2 Å². The first kappa shape index (κ1) is 75.6. The molecular formula is C60H82N14O15S4. The fourth-order valence-corrected chi connectivity index (χ4v) is 13.7. The van der Waals surface area contributed by atoms with Gasteiger partial charge in [0.05, 0.1) is 12.1 Å². The Balaban J connectivity index is 1.49. The molecule has 93 heavy (non-hydrogen) atoms. The van der Waals surface area contributed by atoms with Crippen molar-refractivity contribution in [2.75, 3.05) is 43.1 Å². The molecule has 33 heteroatoms. The molecule has 506 valence electrons. The van der Waals surface area contributed by atoms with Gasteiger partial charge >= 0.3 is 5.97 Å². The Morgan fingerprint density at radius 1 is 0.731 bits per heavy atom. The van der Waals surface area contributed by atoms with Gasteiger partial charge in [-0.2, -0.15) is 0 Å². The van der Waals surface area contributed by atoms with Gasteiger partial charge in [-0.1, -0.05) is 104 Å². The van der Waals surface area contributed by atoms with E-state index in [1.54, 1.807) is 60.8 Å². The monoisotopic (exact) mass is 1370 g/mol. The molecule has 19 N–H and O–H groups in total. The predicted molar refractivity (Wildman–Crippen MR) is 354 cm³/mol. The summed E-state index contributed by atoms with van der Waals surface area (Å²) in [6, 6.07) is 7.21. The second-order valence-corrected chi connectivity index (χ2v) is 27.1. The number of likely N-dealkylation sites (N-methyl/N-ethyl adjacent to an activating group) is 1. The Morgan fingerprint density at radius 2 is 1.37 bits per heavy atom. The van der Waals surface area contributed by atoms with Gasteiger partial charge in [0.1, 0.15) is 60.1 Å². The molecule has 11 amide bonds. The SMILES string of the molecule is CC(=O)N[C@@H](CSSCCC(=O)N(C)[C@@H](C)C(=O)O)C(=O)NC[C@H](NC(=O)[C@@H]1CSSC[C@H](NC(=O)[C@H](N)Cc2ccccc2)C(=O)N[C@@H](Cc2ccc(O)cc2)C(=O)N[C@H](Cc2c[nH]c3ccccc23)C(=O)N[C@@H](CCCCN)C(=O)N[C@@H]([C@@H](C)O)C(=O)N1)C(N)=O. The number of para-hydroxylation sites is 1. The van der Waals surface area contributed by atoms with E-state index in [-0.39, 0.29) is 68.1 Å².